The fourth-order valence-corrected chi connectivity index (χ4v) is 2.36. The van der Waals surface area contributed by atoms with Gasteiger partial charge in [0, 0.05) is 5.56 Å². The summed E-state index contributed by atoms with van der Waals surface area (Å²) < 4.78 is 51.1. The van der Waals surface area contributed by atoms with Gasteiger partial charge in [-0.15, -0.1) is 13.2 Å². The van der Waals surface area contributed by atoms with Crippen LogP contribution in [0.4, 0.5) is 13.2 Å². The molecule has 5 nitrogen and oxygen atoms in total. The zero-order valence-electron chi connectivity index (χ0n) is 13.4. The Bertz CT molecular complexity index is 788. The van der Waals surface area contributed by atoms with E-state index in [1.165, 1.54) is 29.6 Å². The number of carbonyl (C=O) groups is 1. The van der Waals surface area contributed by atoms with Crippen molar-refractivity contribution in [2.45, 2.75) is 19.5 Å². The standard InChI is InChI=1S/C18H14F3NO4/c19-18(20,21)26-14-7-5-13(6-8-14)17(23)22(11-15-3-1-9-24-15)12-16-4-2-10-25-16/h1-10H,11-12H2. The fraction of sp³-hybridized carbons (Fsp3) is 0.167. The third-order valence-electron chi connectivity index (χ3n) is 3.48. The molecule has 2 heterocycles. The zero-order chi connectivity index (χ0) is 18.6. The van der Waals surface area contributed by atoms with Gasteiger partial charge in [-0.3, -0.25) is 4.79 Å². The summed E-state index contributed by atoms with van der Waals surface area (Å²) in [5.41, 5.74) is 0.220. The van der Waals surface area contributed by atoms with Crippen LogP contribution in [0.25, 0.3) is 0 Å². The molecule has 0 spiro atoms. The molecular weight excluding hydrogens is 351 g/mol. The first-order chi connectivity index (χ1) is 12.4. The Kier molecular flexibility index (Phi) is 5.01. The highest BCUT2D eigenvalue weighted by molar-refractivity contribution is 5.94. The molecule has 0 fully saturated rings. The van der Waals surface area contributed by atoms with Crippen molar-refractivity contribution in [3.05, 3.63) is 78.1 Å². The molecule has 26 heavy (non-hydrogen) atoms. The first kappa shape index (κ1) is 17.7. The molecule has 0 aliphatic heterocycles. The van der Waals surface area contributed by atoms with Gasteiger partial charge in [0.15, 0.2) is 0 Å². The monoisotopic (exact) mass is 365 g/mol. The molecule has 0 aliphatic rings. The van der Waals surface area contributed by atoms with E-state index in [1.807, 2.05) is 0 Å². The second-order valence-corrected chi connectivity index (χ2v) is 5.39. The van der Waals surface area contributed by atoms with Crippen LogP contribution in [-0.2, 0) is 13.1 Å². The second kappa shape index (κ2) is 7.38. The van der Waals surface area contributed by atoms with E-state index in [9.17, 15) is 18.0 Å². The average Bonchev–Trinajstić information content (AvgIpc) is 3.27. The van der Waals surface area contributed by atoms with Crippen LogP contribution in [0, 0.1) is 0 Å². The van der Waals surface area contributed by atoms with Crippen molar-refractivity contribution in [3.63, 3.8) is 0 Å². The Hall–Kier alpha value is -3.16. The van der Waals surface area contributed by atoms with Crippen LogP contribution >= 0.6 is 0 Å². The summed E-state index contributed by atoms with van der Waals surface area (Å²) in [6.45, 7) is 0.376. The minimum absolute atomic E-state index is 0.188. The van der Waals surface area contributed by atoms with E-state index in [4.69, 9.17) is 8.83 Å². The molecule has 2 aromatic heterocycles. The highest BCUT2D eigenvalue weighted by atomic mass is 19.4. The van der Waals surface area contributed by atoms with E-state index >= 15 is 0 Å². The van der Waals surface area contributed by atoms with Crippen molar-refractivity contribution in [1.29, 1.82) is 0 Å². The van der Waals surface area contributed by atoms with Gasteiger partial charge in [-0.25, -0.2) is 0 Å². The highest BCUT2D eigenvalue weighted by Crippen LogP contribution is 2.23. The molecule has 0 saturated carbocycles. The predicted octanol–water partition coefficient (Wildman–Crippen LogP) is 4.61. The molecule has 0 aliphatic carbocycles. The summed E-state index contributed by atoms with van der Waals surface area (Å²) in [7, 11) is 0. The smallest absolute Gasteiger partial charge is 0.467 e. The number of benzene rings is 1. The molecule has 8 heteroatoms. The van der Waals surface area contributed by atoms with Gasteiger partial charge < -0.3 is 18.5 Å². The predicted molar refractivity (Wildman–Crippen MR) is 84.1 cm³/mol. The number of nitrogens with zero attached hydrogens (tertiary/aromatic N) is 1. The third kappa shape index (κ3) is 4.69. The zero-order valence-corrected chi connectivity index (χ0v) is 13.4. The number of halogens is 3. The number of alkyl halides is 3. The summed E-state index contributed by atoms with van der Waals surface area (Å²) in [5.74, 6) is 0.373. The number of ether oxygens (including phenoxy) is 1. The maximum absolute atomic E-state index is 12.8. The van der Waals surface area contributed by atoms with Crippen LogP contribution in [0.3, 0.4) is 0 Å². The van der Waals surface area contributed by atoms with Crippen LogP contribution in [0.1, 0.15) is 21.9 Å². The largest absolute Gasteiger partial charge is 0.573 e. The Morgan fingerprint density at radius 3 is 1.88 bits per heavy atom. The first-order valence-corrected chi connectivity index (χ1v) is 7.60. The van der Waals surface area contributed by atoms with E-state index < -0.39 is 12.1 Å². The topological polar surface area (TPSA) is 55.8 Å². The van der Waals surface area contributed by atoms with E-state index in [0.717, 1.165) is 12.1 Å². The van der Waals surface area contributed by atoms with Gasteiger partial charge in [-0.05, 0) is 48.5 Å². The van der Waals surface area contributed by atoms with E-state index in [2.05, 4.69) is 4.74 Å². The number of rotatable bonds is 6. The van der Waals surface area contributed by atoms with Crippen molar-refractivity contribution >= 4 is 5.91 Å². The second-order valence-electron chi connectivity index (χ2n) is 5.39. The van der Waals surface area contributed by atoms with Gasteiger partial charge in [0.25, 0.3) is 5.91 Å². The molecule has 1 amide bonds. The maximum Gasteiger partial charge on any atom is 0.573 e. The summed E-state index contributed by atoms with van der Waals surface area (Å²) in [6, 6.07) is 11.6. The SMILES string of the molecule is O=C(c1ccc(OC(F)(F)F)cc1)N(Cc1ccco1)Cc1ccco1. The molecule has 0 radical (unpaired) electrons. The molecule has 0 unspecified atom stereocenters. The summed E-state index contributed by atoms with van der Waals surface area (Å²) in [6.07, 6.45) is -1.79. The molecular formula is C18H14F3NO4. The van der Waals surface area contributed by atoms with Crippen LogP contribution in [0.5, 0.6) is 5.75 Å². The van der Waals surface area contributed by atoms with E-state index in [1.54, 1.807) is 24.3 Å². The number of furan rings is 2. The molecule has 3 rings (SSSR count). The van der Waals surface area contributed by atoms with Gasteiger partial charge in [-0.2, -0.15) is 0 Å². The minimum atomic E-state index is -4.78. The fourth-order valence-electron chi connectivity index (χ4n) is 2.36. The summed E-state index contributed by atoms with van der Waals surface area (Å²) in [5, 5.41) is 0. The van der Waals surface area contributed by atoms with Crippen molar-refractivity contribution in [2.24, 2.45) is 0 Å². The number of amides is 1. The number of hydrogen-bond acceptors (Lipinski definition) is 4. The van der Waals surface area contributed by atoms with Crippen LogP contribution in [0.15, 0.2) is 69.9 Å². The van der Waals surface area contributed by atoms with Crippen LogP contribution < -0.4 is 4.74 Å². The maximum atomic E-state index is 12.8. The molecule has 1 aromatic carbocycles. The van der Waals surface area contributed by atoms with Gasteiger partial charge >= 0.3 is 6.36 Å². The van der Waals surface area contributed by atoms with Gasteiger partial charge in [-0.1, -0.05) is 0 Å². The molecule has 0 N–H and O–H groups in total. The lowest BCUT2D eigenvalue weighted by Crippen LogP contribution is -2.29. The van der Waals surface area contributed by atoms with Crippen molar-refractivity contribution in [3.8, 4) is 5.75 Å². The van der Waals surface area contributed by atoms with Gasteiger partial charge in [0.05, 0.1) is 25.6 Å². The Balaban J connectivity index is 1.77. The van der Waals surface area contributed by atoms with Crippen LogP contribution in [-0.4, -0.2) is 17.2 Å². The quantitative estimate of drug-likeness (QED) is 0.640. The first-order valence-electron chi connectivity index (χ1n) is 7.60. The lowest BCUT2D eigenvalue weighted by atomic mass is 10.2. The lowest BCUT2D eigenvalue weighted by molar-refractivity contribution is -0.274. The van der Waals surface area contributed by atoms with Crippen molar-refractivity contribution < 1.29 is 31.5 Å². The summed E-state index contributed by atoms with van der Waals surface area (Å²) in [4.78, 5) is 14.2. The highest BCUT2D eigenvalue weighted by Gasteiger charge is 2.31. The molecule has 0 bridgehead atoms. The van der Waals surface area contributed by atoms with E-state index in [-0.39, 0.29) is 24.6 Å². The van der Waals surface area contributed by atoms with Gasteiger partial charge in [0.2, 0.25) is 0 Å². The molecule has 0 saturated heterocycles. The van der Waals surface area contributed by atoms with Crippen LogP contribution in [0.2, 0.25) is 0 Å². The average molecular weight is 365 g/mol. The third-order valence-corrected chi connectivity index (χ3v) is 3.48. The van der Waals surface area contributed by atoms with Crippen molar-refractivity contribution in [2.75, 3.05) is 0 Å². The molecule has 136 valence electrons. The van der Waals surface area contributed by atoms with Crippen molar-refractivity contribution in [1.82, 2.24) is 4.90 Å². The Morgan fingerprint density at radius 2 is 1.46 bits per heavy atom. The number of carbonyl (C=O) groups excluding carboxylic acids is 1. The normalized spacial score (nSPS) is 11.3. The Labute approximate surface area is 146 Å². The molecule has 0 atom stereocenters. The molecule has 3 aromatic rings. The van der Waals surface area contributed by atoms with Gasteiger partial charge in [0.1, 0.15) is 17.3 Å². The minimum Gasteiger partial charge on any atom is -0.467 e. The number of hydrogen-bond donors (Lipinski definition) is 0. The Morgan fingerprint density at radius 1 is 0.923 bits per heavy atom. The lowest BCUT2D eigenvalue weighted by Gasteiger charge is -2.21. The van der Waals surface area contributed by atoms with E-state index in [0.29, 0.717) is 11.5 Å². The summed E-state index contributed by atoms with van der Waals surface area (Å²) >= 11 is 0.